The lowest BCUT2D eigenvalue weighted by Crippen LogP contribution is -2.04. The number of ether oxygens (including phenoxy) is 1. The van der Waals surface area contributed by atoms with Crippen LogP contribution in [0.2, 0.25) is 5.02 Å². The highest BCUT2D eigenvalue weighted by Gasteiger charge is 2.01. The zero-order valence-electron chi connectivity index (χ0n) is 9.70. The second-order valence-electron chi connectivity index (χ2n) is 4.01. The van der Waals surface area contributed by atoms with Crippen LogP contribution in [0.1, 0.15) is 13.8 Å². The van der Waals surface area contributed by atoms with Gasteiger partial charge in [0.25, 0.3) is 0 Å². The molecule has 0 aliphatic carbocycles. The minimum Gasteiger partial charge on any atom is -0.399 e. The Morgan fingerprint density at radius 2 is 2.19 bits per heavy atom. The van der Waals surface area contributed by atoms with E-state index in [1.165, 1.54) is 0 Å². The van der Waals surface area contributed by atoms with Crippen molar-refractivity contribution < 1.29 is 4.74 Å². The first-order chi connectivity index (χ1) is 7.59. The third-order valence-electron chi connectivity index (χ3n) is 1.89. The molecule has 1 aromatic carbocycles. The van der Waals surface area contributed by atoms with E-state index in [1.807, 2.05) is 18.2 Å². The number of benzene rings is 1. The molecule has 0 saturated heterocycles. The summed E-state index contributed by atoms with van der Waals surface area (Å²) in [6, 6.07) is 5.53. The number of halogens is 1. The Morgan fingerprint density at radius 3 is 2.88 bits per heavy atom. The van der Waals surface area contributed by atoms with Gasteiger partial charge in [0.1, 0.15) is 0 Å². The van der Waals surface area contributed by atoms with Crippen molar-refractivity contribution in [3.05, 3.63) is 23.2 Å². The molecule has 90 valence electrons. The number of nitrogen functional groups attached to an aromatic ring is 1. The van der Waals surface area contributed by atoms with Crippen molar-refractivity contribution in [3.63, 3.8) is 0 Å². The van der Waals surface area contributed by atoms with Crippen molar-refractivity contribution in [1.82, 2.24) is 0 Å². The zero-order chi connectivity index (χ0) is 12.0. The molecule has 4 heteroatoms. The molecule has 0 atom stereocenters. The highest BCUT2D eigenvalue weighted by Crippen LogP contribution is 2.28. The van der Waals surface area contributed by atoms with Gasteiger partial charge in [-0.25, -0.2) is 0 Å². The molecule has 0 saturated carbocycles. The molecule has 0 aliphatic heterocycles. The topological polar surface area (TPSA) is 35.2 Å². The van der Waals surface area contributed by atoms with E-state index in [0.717, 1.165) is 34.6 Å². The first-order valence-electron chi connectivity index (χ1n) is 5.35. The van der Waals surface area contributed by atoms with Crippen LogP contribution in [-0.2, 0) is 4.74 Å². The lowest BCUT2D eigenvalue weighted by Gasteiger charge is -2.07. The highest BCUT2D eigenvalue weighted by atomic mass is 35.5. The van der Waals surface area contributed by atoms with Gasteiger partial charge in [0.15, 0.2) is 0 Å². The monoisotopic (exact) mass is 259 g/mol. The summed E-state index contributed by atoms with van der Waals surface area (Å²) in [7, 11) is 0. The molecule has 0 aliphatic rings. The molecule has 0 amide bonds. The van der Waals surface area contributed by atoms with Gasteiger partial charge in [-0.1, -0.05) is 25.4 Å². The fraction of sp³-hybridized carbons (Fsp3) is 0.500. The second-order valence-corrected chi connectivity index (χ2v) is 5.55. The summed E-state index contributed by atoms with van der Waals surface area (Å²) < 4.78 is 5.49. The molecular formula is C12H18ClNOS. The molecular weight excluding hydrogens is 242 g/mol. The first kappa shape index (κ1) is 13.7. The first-order valence-corrected chi connectivity index (χ1v) is 6.71. The fourth-order valence-electron chi connectivity index (χ4n) is 1.16. The van der Waals surface area contributed by atoms with E-state index in [0.29, 0.717) is 5.92 Å². The van der Waals surface area contributed by atoms with Gasteiger partial charge in [-0.3, -0.25) is 0 Å². The van der Waals surface area contributed by atoms with Crippen molar-refractivity contribution in [2.24, 2.45) is 5.92 Å². The van der Waals surface area contributed by atoms with Crippen LogP contribution in [0.5, 0.6) is 0 Å². The standard InChI is InChI=1S/C12H18ClNOS/c1-9(2)8-15-5-6-16-12-7-10(14)3-4-11(12)13/h3-4,7,9H,5-6,8,14H2,1-2H3. The summed E-state index contributed by atoms with van der Waals surface area (Å²) in [6.45, 7) is 5.84. The molecule has 0 aromatic heterocycles. The lowest BCUT2D eigenvalue weighted by atomic mass is 10.2. The van der Waals surface area contributed by atoms with Gasteiger partial charge in [0.2, 0.25) is 0 Å². The molecule has 0 bridgehead atoms. The molecule has 0 fully saturated rings. The number of rotatable bonds is 6. The van der Waals surface area contributed by atoms with Crippen LogP contribution in [0.3, 0.4) is 0 Å². The average Bonchev–Trinajstić information content (AvgIpc) is 2.22. The molecule has 0 unspecified atom stereocenters. The number of nitrogens with two attached hydrogens (primary N) is 1. The Hall–Kier alpha value is -0.380. The zero-order valence-corrected chi connectivity index (χ0v) is 11.3. The van der Waals surface area contributed by atoms with Gasteiger partial charge in [-0.05, 0) is 24.1 Å². The third kappa shape index (κ3) is 5.10. The number of anilines is 1. The van der Waals surface area contributed by atoms with Crippen LogP contribution >= 0.6 is 23.4 Å². The smallest absolute Gasteiger partial charge is 0.0560 e. The molecule has 2 nitrogen and oxygen atoms in total. The highest BCUT2D eigenvalue weighted by molar-refractivity contribution is 7.99. The largest absolute Gasteiger partial charge is 0.399 e. The molecule has 0 spiro atoms. The summed E-state index contributed by atoms with van der Waals surface area (Å²) in [4.78, 5) is 1.02. The van der Waals surface area contributed by atoms with Gasteiger partial charge in [0, 0.05) is 22.9 Å². The Kier molecular flexibility index (Phi) is 6.03. The van der Waals surface area contributed by atoms with Crippen LogP contribution in [0.25, 0.3) is 0 Å². The molecule has 0 radical (unpaired) electrons. The van der Waals surface area contributed by atoms with E-state index < -0.39 is 0 Å². The quantitative estimate of drug-likeness (QED) is 0.481. The Labute approximate surface area is 107 Å². The number of hydrogen-bond acceptors (Lipinski definition) is 3. The van der Waals surface area contributed by atoms with Gasteiger partial charge in [-0.15, -0.1) is 11.8 Å². The maximum Gasteiger partial charge on any atom is 0.0560 e. The van der Waals surface area contributed by atoms with Crippen LogP contribution in [0.15, 0.2) is 23.1 Å². The Balaban J connectivity index is 2.29. The van der Waals surface area contributed by atoms with Crippen LogP contribution in [0.4, 0.5) is 5.69 Å². The van der Waals surface area contributed by atoms with Crippen LogP contribution < -0.4 is 5.73 Å². The van der Waals surface area contributed by atoms with E-state index in [4.69, 9.17) is 22.1 Å². The average molecular weight is 260 g/mol. The van der Waals surface area contributed by atoms with E-state index in [2.05, 4.69) is 13.8 Å². The van der Waals surface area contributed by atoms with E-state index in [1.54, 1.807) is 11.8 Å². The fourth-order valence-corrected chi connectivity index (χ4v) is 2.29. The Bertz CT molecular complexity index is 331. The molecule has 2 N–H and O–H groups in total. The third-order valence-corrected chi connectivity index (χ3v) is 3.35. The van der Waals surface area contributed by atoms with Crippen LogP contribution in [-0.4, -0.2) is 19.0 Å². The van der Waals surface area contributed by atoms with Crippen molar-refractivity contribution in [2.75, 3.05) is 24.7 Å². The summed E-state index contributed by atoms with van der Waals surface area (Å²) in [5.74, 6) is 1.48. The number of hydrogen-bond donors (Lipinski definition) is 1. The van der Waals surface area contributed by atoms with Gasteiger partial charge in [0.05, 0.1) is 11.6 Å². The second kappa shape index (κ2) is 7.05. The lowest BCUT2D eigenvalue weighted by molar-refractivity contribution is 0.124. The summed E-state index contributed by atoms with van der Waals surface area (Å²) >= 11 is 7.72. The Morgan fingerprint density at radius 1 is 1.44 bits per heavy atom. The summed E-state index contributed by atoms with van der Waals surface area (Å²) in [6.07, 6.45) is 0. The summed E-state index contributed by atoms with van der Waals surface area (Å²) in [5.41, 5.74) is 6.44. The molecule has 1 aromatic rings. The van der Waals surface area contributed by atoms with Crippen molar-refractivity contribution in [1.29, 1.82) is 0 Å². The SMILES string of the molecule is CC(C)COCCSc1cc(N)ccc1Cl. The minimum absolute atomic E-state index is 0.584. The number of thioether (sulfide) groups is 1. The van der Waals surface area contributed by atoms with Gasteiger partial charge in [-0.2, -0.15) is 0 Å². The normalized spacial score (nSPS) is 11.0. The van der Waals surface area contributed by atoms with Gasteiger partial charge < -0.3 is 10.5 Å². The minimum atomic E-state index is 0.584. The molecule has 1 rings (SSSR count). The molecule has 0 heterocycles. The van der Waals surface area contributed by atoms with Crippen molar-refractivity contribution in [3.8, 4) is 0 Å². The predicted molar refractivity (Wildman–Crippen MR) is 72.2 cm³/mol. The maximum atomic E-state index is 6.04. The van der Waals surface area contributed by atoms with E-state index in [-0.39, 0.29) is 0 Å². The van der Waals surface area contributed by atoms with Gasteiger partial charge >= 0.3 is 0 Å². The van der Waals surface area contributed by atoms with E-state index >= 15 is 0 Å². The van der Waals surface area contributed by atoms with E-state index in [9.17, 15) is 0 Å². The van der Waals surface area contributed by atoms with Crippen LogP contribution in [0, 0.1) is 5.92 Å². The van der Waals surface area contributed by atoms with Crippen molar-refractivity contribution >= 4 is 29.1 Å². The maximum absolute atomic E-state index is 6.04. The predicted octanol–water partition coefficient (Wildman–Crippen LogP) is 3.69. The van der Waals surface area contributed by atoms with Crippen molar-refractivity contribution in [2.45, 2.75) is 18.7 Å². The molecule has 16 heavy (non-hydrogen) atoms. The summed E-state index contributed by atoms with van der Waals surface area (Å²) in [5, 5.41) is 0.753.